The van der Waals surface area contributed by atoms with Gasteiger partial charge in [-0.1, -0.05) is 5.16 Å². The number of sulfonamides is 1. The van der Waals surface area contributed by atoms with Crippen LogP contribution in [0, 0.1) is 25.2 Å². The van der Waals surface area contributed by atoms with E-state index in [9.17, 15) is 8.42 Å². The Morgan fingerprint density at radius 3 is 2.85 bits per heavy atom. The number of hydrogen-bond acceptors (Lipinski definition) is 7. The molecule has 0 bridgehead atoms. The molecule has 4 rings (SSSR count). The molecule has 148 valence electrons. The van der Waals surface area contributed by atoms with Gasteiger partial charge in [-0.2, -0.15) is 4.31 Å². The zero-order valence-electron chi connectivity index (χ0n) is 16.2. The summed E-state index contributed by atoms with van der Waals surface area (Å²) in [5.41, 5.74) is 1.68. The van der Waals surface area contributed by atoms with Crippen LogP contribution in [0.15, 0.2) is 20.9 Å². The standard InChI is InChI=1S/C18H26N4O3S2/c1-12-17(13(2)25-20-12)15-5-6-16(26-15)27(23,24)22-8-14-7-19-9-18(14,11-22)10-21(3)4/h5-6,14,19H,7-11H2,1-4H3. The Morgan fingerprint density at radius 2 is 2.19 bits per heavy atom. The summed E-state index contributed by atoms with van der Waals surface area (Å²) in [6.07, 6.45) is 0. The minimum Gasteiger partial charge on any atom is -0.361 e. The number of aromatic nitrogens is 1. The molecule has 2 unspecified atom stereocenters. The summed E-state index contributed by atoms with van der Waals surface area (Å²) < 4.78 is 33.9. The number of hydrogen-bond donors (Lipinski definition) is 1. The predicted octanol–water partition coefficient (Wildman–Crippen LogP) is 1.79. The van der Waals surface area contributed by atoms with Gasteiger partial charge < -0.3 is 14.7 Å². The Hall–Kier alpha value is -1.26. The van der Waals surface area contributed by atoms with Crippen LogP contribution in [0.1, 0.15) is 11.5 Å². The van der Waals surface area contributed by atoms with E-state index in [0.29, 0.717) is 29.0 Å². The van der Waals surface area contributed by atoms with E-state index >= 15 is 0 Å². The molecule has 0 aromatic carbocycles. The zero-order chi connectivity index (χ0) is 19.4. The average molecular weight is 411 g/mol. The maximum absolute atomic E-state index is 13.3. The number of fused-ring (bicyclic) bond motifs is 1. The third kappa shape index (κ3) is 3.15. The number of rotatable bonds is 5. The first kappa shape index (κ1) is 19.1. The van der Waals surface area contributed by atoms with E-state index in [1.807, 2.05) is 19.9 Å². The third-order valence-corrected chi connectivity index (χ3v) is 9.12. The van der Waals surface area contributed by atoms with Crippen LogP contribution in [0.5, 0.6) is 0 Å². The van der Waals surface area contributed by atoms with Crippen LogP contribution in [-0.2, 0) is 10.0 Å². The van der Waals surface area contributed by atoms with Crippen molar-refractivity contribution in [3.63, 3.8) is 0 Å². The maximum atomic E-state index is 13.3. The van der Waals surface area contributed by atoms with Crippen LogP contribution >= 0.6 is 11.3 Å². The predicted molar refractivity (Wildman–Crippen MR) is 105 cm³/mol. The fourth-order valence-corrected chi connectivity index (χ4v) is 7.75. The molecular weight excluding hydrogens is 384 g/mol. The van der Waals surface area contributed by atoms with Gasteiger partial charge in [-0.05, 0) is 52.5 Å². The van der Waals surface area contributed by atoms with E-state index in [1.54, 1.807) is 10.4 Å². The first-order chi connectivity index (χ1) is 12.7. The van der Waals surface area contributed by atoms with Gasteiger partial charge in [-0.3, -0.25) is 0 Å². The normalized spacial score (nSPS) is 26.2. The quantitative estimate of drug-likeness (QED) is 0.810. The van der Waals surface area contributed by atoms with E-state index in [1.165, 1.54) is 11.3 Å². The smallest absolute Gasteiger partial charge is 0.252 e. The van der Waals surface area contributed by atoms with Crippen molar-refractivity contribution in [2.24, 2.45) is 11.3 Å². The lowest BCUT2D eigenvalue weighted by Crippen LogP contribution is -2.42. The fraction of sp³-hybridized carbons (Fsp3) is 0.611. The molecule has 2 aromatic heterocycles. The Kier molecular flexibility index (Phi) is 4.71. The highest BCUT2D eigenvalue weighted by molar-refractivity contribution is 7.91. The average Bonchev–Trinajstić information content (AvgIpc) is 3.30. The fourth-order valence-electron chi connectivity index (χ4n) is 4.56. The second kappa shape index (κ2) is 6.66. The highest BCUT2D eigenvalue weighted by atomic mass is 32.2. The van der Waals surface area contributed by atoms with Gasteiger partial charge in [0.25, 0.3) is 10.0 Å². The summed E-state index contributed by atoms with van der Waals surface area (Å²) in [7, 11) is 0.608. The van der Waals surface area contributed by atoms with Crippen molar-refractivity contribution in [3.05, 3.63) is 23.6 Å². The van der Waals surface area contributed by atoms with Gasteiger partial charge in [0, 0.05) is 36.5 Å². The van der Waals surface area contributed by atoms with Crippen LogP contribution in [0.2, 0.25) is 0 Å². The van der Waals surface area contributed by atoms with Gasteiger partial charge in [-0.15, -0.1) is 11.3 Å². The highest BCUT2D eigenvalue weighted by Gasteiger charge is 2.52. The lowest BCUT2D eigenvalue weighted by molar-refractivity contribution is 0.198. The molecule has 0 spiro atoms. The zero-order valence-corrected chi connectivity index (χ0v) is 17.8. The molecule has 0 radical (unpaired) electrons. The number of nitrogens with zero attached hydrogens (tertiary/aromatic N) is 3. The van der Waals surface area contributed by atoms with Crippen LogP contribution in [-0.4, -0.2) is 69.6 Å². The summed E-state index contributed by atoms with van der Waals surface area (Å²) >= 11 is 1.30. The monoisotopic (exact) mass is 410 g/mol. The van der Waals surface area contributed by atoms with E-state index in [0.717, 1.165) is 35.8 Å². The second-order valence-electron chi connectivity index (χ2n) is 8.04. The summed E-state index contributed by atoms with van der Waals surface area (Å²) in [5, 5.41) is 7.43. The molecule has 0 saturated carbocycles. The lowest BCUT2D eigenvalue weighted by atomic mass is 9.81. The molecule has 2 fully saturated rings. The Labute approximate surface area is 164 Å². The molecule has 27 heavy (non-hydrogen) atoms. The van der Waals surface area contributed by atoms with Crippen molar-refractivity contribution in [2.75, 3.05) is 46.8 Å². The molecule has 2 aliphatic heterocycles. The third-order valence-electron chi connectivity index (χ3n) is 5.74. The van der Waals surface area contributed by atoms with Crippen molar-refractivity contribution >= 4 is 21.4 Å². The summed E-state index contributed by atoms with van der Waals surface area (Å²) in [6, 6.07) is 3.57. The van der Waals surface area contributed by atoms with Gasteiger partial charge in [-0.25, -0.2) is 8.42 Å². The Balaban J connectivity index is 1.62. The van der Waals surface area contributed by atoms with Gasteiger partial charge in [0.1, 0.15) is 9.97 Å². The molecule has 4 heterocycles. The molecule has 2 saturated heterocycles. The molecule has 2 aliphatic rings. The van der Waals surface area contributed by atoms with Crippen molar-refractivity contribution in [3.8, 4) is 10.4 Å². The van der Waals surface area contributed by atoms with Crippen LogP contribution in [0.25, 0.3) is 10.4 Å². The van der Waals surface area contributed by atoms with Crippen LogP contribution in [0.4, 0.5) is 0 Å². The van der Waals surface area contributed by atoms with E-state index in [4.69, 9.17) is 4.52 Å². The van der Waals surface area contributed by atoms with Gasteiger partial charge in [0.05, 0.1) is 11.3 Å². The molecule has 7 nitrogen and oxygen atoms in total. The summed E-state index contributed by atoms with van der Waals surface area (Å²) in [4.78, 5) is 3.05. The first-order valence-electron chi connectivity index (χ1n) is 9.12. The molecule has 0 aliphatic carbocycles. The first-order valence-corrected chi connectivity index (χ1v) is 11.4. The van der Waals surface area contributed by atoms with Gasteiger partial charge >= 0.3 is 0 Å². The second-order valence-corrected chi connectivity index (χ2v) is 11.3. The molecule has 1 N–H and O–H groups in total. The van der Waals surface area contributed by atoms with E-state index < -0.39 is 10.0 Å². The minimum atomic E-state index is -3.50. The molecule has 0 amide bonds. The maximum Gasteiger partial charge on any atom is 0.252 e. The summed E-state index contributed by atoms with van der Waals surface area (Å²) in [6.45, 7) is 7.53. The summed E-state index contributed by atoms with van der Waals surface area (Å²) in [5.74, 6) is 1.07. The number of thiophene rings is 1. The number of aryl methyl sites for hydroxylation is 2. The van der Waals surface area contributed by atoms with Crippen LogP contribution in [0.3, 0.4) is 0 Å². The molecule has 2 aromatic rings. The van der Waals surface area contributed by atoms with Gasteiger partial charge in [0.2, 0.25) is 0 Å². The topological polar surface area (TPSA) is 78.7 Å². The molecule has 2 atom stereocenters. The van der Waals surface area contributed by atoms with Gasteiger partial charge in [0.15, 0.2) is 0 Å². The van der Waals surface area contributed by atoms with Crippen molar-refractivity contribution in [2.45, 2.75) is 18.1 Å². The van der Waals surface area contributed by atoms with Crippen molar-refractivity contribution in [1.29, 1.82) is 0 Å². The minimum absolute atomic E-state index is 0.00167. The van der Waals surface area contributed by atoms with Crippen molar-refractivity contribution < 1.29 is 12.9 Å². The van der Waals surface area contributed by atoms with E-state index in [2.05, 4.69) is 29.5 Å². The Bertz CT molecular complexity index is 930. The van der Waals surface area contributed by atoms with E-state index in [-0.39, 0.29) is 5.41 Å². The SMILES string of the molecule is Cc1noc(C)c1-c1ccc(S(=O)(=O)N2CC3CNCC3(CN(C)C)C2)s1. The largest absolute Gasteiger partial charge is 0.361 e. The lowest BCUT2D eigenvalue weighted by Gasteiger charge is -2.31. The van der Waals surface area contributed by atoms with Crippen molar-refractivity contribution in [1.82, 2.24) is 19.7 Å². The highest BCUT2D eigenvalue weighted by Crippen LogP contribution is 2.43. The molecular formula is C18H26N4O3S2. The molecule has 9 heteroatoms. The number of nitrogens with one attached hydrogen (secondary N) is 1. The Morgan fingerprint density at radius 1 is 1.41 bits per heavy atom. The van der Waals surface area contributed by atoms with Crippen LogP contribution < -0.4 is 5.32 Å².